The van der Waals surface area contributed by atoms with Crippen molar-refractivity contribution in [2.75, 3.05) is 11.1 Å². The maximum atomic E-state index is 11.5. The van der Waals surface area contributed by atoms with E-state index in [1.54, 1.807) is 0 Å². The van der Waals surface area contributed by atoms with Gasteiger partial charge in [0.15, 0.2) is 5.82 Å². The van der Waals surface area contributed by atoms with Crippen LogP contribution in [-0.4, -0.2) is 30.9 Å². The fraction of sp³-hybridized carbons (Fsp3) is 0.125. The van der Waals surface area contributed by atoms with Crippen molar-refractivity contribution >= 4 is 17.4 Å². The predicted molar refractivity (Wildman–Crippen MR) is 55.1 cm³/mol. The van der Waals surface area contributed by atoms with Crippen LogP contribution >= 0.6 is 0 Å². The summed E-state index contributed by atoms with van der Waals surface area (Å²) in [5.74, 6) is 0.00115. The molecule has 0 saturated heterocycles. The number of carbonyl (C=O) groups is 1. The van der Waals surface area contributed by atoms with Crippen molar-refractivity contribution in [3.05, 3.63) is 24.9 Å². The molecule has 0 radical (unpaired) electrons. The zero-order valence-electron chi connectivity index (χ0n) is 8.24. The van der Waals surface area contributed by atoms with E-state index in [2.05, 4.69) is 25.5 Å². The Labute approximate surface area is 90.5 Å². The predicted octanol–water partition coefficient (Wildman–Crippen LogP) is -0.711. The molecule has 82 valence electrons. The van der Waals surface area contributed by atoms with Crippen molar-refractivity contribution in [3.8, 4) is 0 Å². The van der Waals surface area contributed by atoms with Gasteiger partial charge in [-0.2, -0.15) is 9.90 Å². The number of nitrogens with two attached hydrogens (primary N) is 1. The van der Waals surface area contributed by atoms with Gasteiger partial charge >= 0.3 is 0 Å². The molecule has 8 heteroatoms. The second kappa shape index (κ2) is 4.34. The van der Waals surface area contributed by atoms with E-state index in [1.165, 1.54) is 29.7 Å². The van der Waals surface area contributed by atoms with Crippen LogP contribution in [0.2, 0.25) is 0 Å². The lowest BCUT2D eigenvalue weighted by Crippen LogP contribution is -2.20. The zero-order chi connectivity index (χ0) is 11.4. The van der Waals surface area contributed by atoms with Gasteiger partial charge in [-0.25, -0.2) is 9.97 Å². The molecule has 8 nitrogen and oxygen atoms in total. The number of rotatable bonds is 3. The minimum Gasteiger partial charge on any atom is -0.381 e. The molecule has 0 atom stereocenters. The van der Waals surface area contributed by atoms with Gasteiger partial charge in [0.25, 0.3) is 0 Å². The molecule has 2 rings (SSSR count). The van der Waals surface area contributed by atoms with Gasteiger partial charge in [-0.05, 0) is 0 Å². The minimum atomic E-state index is -0.273. The van der Waals surface area contributed by atoms with E-state index >= 15 is 0 Å². The van der Waals surface area contributed by atoms with Crippen molar-refractivity contribution in [1.29, 1.82) is 0 Å². The lowest BCUT2D eigenvalue weighted by molar-refractivity contribution is -0.117. The van der Waals surface area contributed by atoms with Crippen LogP contribution in [0.3, 0.4) is 0 Å². The number of nitrogen functional groups attached to an aromatic ring is 1. The number of aromatic nitrogens is 5. The molecule has 0 aliphatic heterocycles. The fourth-order valence-electron chi connectivity index (χ4n) is 1.08. The fourth-order valence-corrected chi connectivity index (χ4v) is 1.08. The lowest BCUT2D eigenvalue weighted by Gasteiger charge is -2.02. The molecule has 16 heavy (non-hydrogen) atoms. The molecule has 1 amide bonds. The van der Waals surface area contributed by atoms with E-state index in [9.17, 15) is 4.79 Å². The van der Waals surface area contributed by atoms with Gasteiger partial charge in [0, 0.05) is 0 Å². The summed E-state index contributed by atoms with van der Waals surface area (Å²) in [6.07, 6.45) is 5.75. The first-order valence-corrected chi connectivity index (χ1v) is 4.44. The monoisotopic (exact) mass is 219 g/mol. The van der Waals surface area contributed by atoms with Gasteiger partial charge in [0.2, 0.25) is 5.91 Å². The highest BCUT2D eigenvalue weighted by Gasteiger charge is 2.05. The molecule has 3 N–H and O–H groups in total. The van der Waals surface area contributed by atoms with Gasteiger partial charge < -0.3 is 11.1 Å². The van der Waals surface area contributed by atoms with Crippen LogP contribution in [0.4, 0.5) is 11.5 Å². The van der Waals surface area contributed by atoms with Gasteiger partial charge in [-0.3, -0.25) is 4.79 Å². The van der Waals surface area contributed by atoms with Crippen molar-refractivity contribution in [2.45, 2.75) is 6.54 Å². The molecule has 0 spiro atoms. The molecule has 0 aromatic carbocycles. The van der Waals surface area contributed by atoms with E-state index in [4.69, 9.17) is 5.73 Å². The van der Waals surface area contributed by atoms with Crippen LogP contribution < -0.4 is 11.1 Å². The second-order valence-corrected chi connectivity index (χ2v) is 2.98. The Hall–Kier alpha value is -2.51. The lowest BCUT2D eigenvalue weighted by atomic mass is 10.5. The van der Waals surface area contributed by atoms with Crippen LogP contribution in [-0.2, 0) is 11.3 Å². The molecule has 0 fully saturated rings. The smallest absolute Gasteiger partial charge is 0.248 e. The summed E-state index contributed by atoms with van der Waals surface area (Å²) < 4.78 is 0. The number of nitrogens with zero attached hydrogens (tertiary/aromatic N) is 5. The number of hydrogen-bond donors (Lipinski definition) is 2. The zero-order valence-corrected chi connectivity index (χ0v) is 8.24. The highest BCUT2D eigenvalue weighted by atomic mass is 16.2. The molecular weight excluding hydrogens is 210 g/mol. The van der Waals surface area contributed by atoms with Crippen molar-refractivity contribution in [2.24, 2.45) is 0 Å². The third-order valence-electron chi connectivity index (χ3n) is 1.68. The van der Waals surface area contributed by atoms with Gasteiger partial charge in [0.05, 0.1) is 24.3 Å². The Morgan fingerprint density at radius 1 is 1.38 bits per heavy atom. The van der Waals surface area contributed by atoms with Crippen LogP contribution in [0.25, 0.3) is 0 Å². The number of hydrogen-bond acceptors (Lipinski definition) is 6. The Bertz CT molecular complexity index is 480. The first kappa shape index (κ1) is 10.0. The molecule has 0 unspecified atom stereocenters. The summed E-state index contributed by atoms with van der Waals surface area (Å²) in [5, 5.41) is 10.2. The molecule has 2 aromatic rings. The third kappa shape index (κ3) is 2.50. The highest BCUT2D eigenvalue weighted by molar-refractivity contribution is 5.89. The van der Waals surface area contributed by atoms with Crippen molar-refractivity contribution < 1.29 is 4.79 Å². The van der Waals surface area contributed by atoms with Crippen molar-refractivity contribution in [1.82, 2.24) is 25.0 Å². The van der Waals surface area contributed by atoms with Crippen LogP contribution in [0.1, 0.15) is 0 Å². The molecule has 2 heterocycles. The average Bonchev–Trinajstić information content (AvgIpc) is 2.65. The van der Waals surface area contributed by atoms with Crippen LogP contribution in [0.15, 0.2) is 24.9 Å². The number of amides is 1. The minimum absolute atomic E-state index is 0.00784. The first-order valence-electron chi connectivity index (χ1n) is 4.44. The number of anilines is 2. The third-order valence-corrected chi connectivity index (χ3v) is 1.68. The highest BCUT2D eigenvalue weighted by Crippen LogP contribution is 2.00. The topological polar surface area (TPSA) is 112 Å². The Morgan fingerprint density at radius 2 is 2.12 bits per heavy atom. The Kier molecular flexibility index (Phi) is 2.72. The summed E-state index contributed by atoms with van der Waals surface area (Å²) >= 11 is 0. The van der Waals surface area contributed by atoms with E-state index in [1.807, 2.05) is 0 Å². The van der Waals surface area contributed by atoms with Crippen molar-refractivity contribution in [3.63, 3.8) is 0 Å². The molecular formula is C8H9N7O. The standard InChI is InChI=1S/C8H9N7O/c9-7-3-12-15(14-7)4-8(16)13-6-1-10-5-11-2-6/h1-3,5H,4H2,(H2,9,14)(H,13,16). The Balaban J connectivity index is 1.95. The second-order valence-electron chi connectivity index (χ2n) is 2.98. The maximum absolute atomic E-state index is 11.5. The summed E-state index contributed by atoms with van der Waals surface area (Å²) in [7, 11) is 0. The van der Waals surface area contributed by atoms with Crippen LogP contribution in [0, 0.1) is 0 Å². The first-order chi connectivity index (χ1) is 7.74. The summed E-state index contributed by atoms with van der Waals surface area (Å²) in [6.45, 7) is -0.00784. The molecule has 0 saturated carbocycles. The number of carbonyl (C=O) groups excluding carboxylic acids is 1. The van der Waals surface area contributed by atoms with E-state index in [0.29, 0.717) is 5.69 Å². The summed E-state index contributed by atoms with van der Waals surface area (Å²) in [4.78, 5) is 20.2. The van der Waals surface area contributed by atoms with Gasteiger partial charge in [0.1, 0.15) is 12.9 Å². The van der Waals surface area contributed by atoms with E-state index in [-0.39, 0.29) is 18.3 Å². The largest absolute Gasteiger partial charge is 0.381 e. The SMILES string of the molecule is Nc1cnn(CC(=O)Nc2cncnc2)n1. The van der Waals surface area contributed by atoms with Gasteiger partial charge in [-0.15, -0.1) is 5.10 Å². The Morgan fingerprint density at radius 3 is 2.75 bits per heavy atom. The maximum Gasteiger partial charge on any atom is 0.248 e. The quantitative estimate of drug-likeness (QED) is 0.705. The van der Waals surface area contributed by atoms with E-state index in [0.717, 1.165) is 0 Å². The normalized spacial score (nSPS) is 10.0. The average molecular weight is 219 g/mol. The van der Waals surface area contributed by atoms with E-state index < -0.39 is 0 Å². The summed E-state index contributed by atoms with van der Waals surface area (Å²) in [6, 6.07) is 0. The molecule has 0 bridgehead atoms. The molecule has 2 aromatic heterocycles. The number of nitrogens with one attached hydrogen (secondary N) is 1. The molecule has 0 aliphatic rings. The van der Waals surface area contributed by atoms with Gasteiger partial charge in [-0.1, -0.05) is 0 Å². The summed E-state index contributed by atoms with van der Waals surface area (Å²) in [5.41, 5.74) is 5.88. The van der Waals surface area contributed by atoms with Crippen LogP contribution in [0.5, 0.6) is 0 Å². The molecule has 0 aliphatic carbocycles.